The number of esters is 1. The highest BCUT2D eigenvalue weighted by atomic mass is 35.5. The summed E-state index contributed by atoms with van der Waals surface area (Å²) in [4.78, 5) is 30.1. The first kappa shape index (κ1) is 24.4. The van der Waals surface area contributed by atoms with Crippen LogP contribution in [0.5, 0.6) is 0 Å². The van der Waals surface area contributed by atoms with Crippen LogP contribution >= 0.6 is 22.9 Å². The van der Waals surface area contributed by atoms with Crippen LogP contribution in [0.4, 0.5) is 0 Å². The number of thiazole rings is 1. The van der Waals surface area contributed by atoms with Gasteiger partial charge >= 0.3 is 5.97 Å². The molecule has 3 rings (SSSR count). The van der Waals surface area contributed by atoms with Gasteiger partial charge in [-0.3, -0.25) is 19.2 Å². The van der Waals surface area contributed by atoms with Crippen molar-refractivity contribution in [3.05, 3.63) is 57.1 Å². The fourth-order valence-electron chi connectivity index (χ4n) is 2.93. The molecule has 9 nitrogen and oxygen atoms in total. The van der Waals surface area contributed by atoms with Crippen molar-refractivity contribution in [1.29, 1.82) is 5.26 Å². The fourth-order valence-corrected chi connectivity index (χ4v) is 3.84. The summed E-state index contributed by atoms with van der Waals surface area (Å²) in [5, 5.41) is 19.0. The first-order valence-electron chi connectivity index (χ1n) is 10.0. The number of likely N-dealkylation sites (N-methyl/N-ethyl adjacent to an activating group) is 1. The van der Waals surface area contributed by atoms with Crippen LogP contribution < -0.4 is 5.32 Å². The second-order valence-corrected chi connectivity index (χ2v) is 8.98. The molecule has 0 fully saturated rings. The van der Waals surface area contributed by atoms with Crippen molar-refractivity contribution in [2.75, 3.05) is 20.6 Å². The van der Waals surface area contributed by atoms with Crippen LogP contribution in [0.25, 0.3) is 11.3 Å². The van der Waals surface area contributed by atoms with E-state index in [-0.39, 0.29) is 36.8 Å². The van der Waals surface area contributed by atoms with Gasteiger partial charge in [0, 0.05) is 23.2 Å². The lowest BCUT2D eigenvalue weighted by molar-refractivity contribution is -0.145. The van der Waals surface area contributed by atoms with E-state index in [1.165, 1.54) is 11.3 Å². The molecule has 172 valence electrons. The topological polar surface area (TPSA) is 113 Å². The van der Waals surface area contributed by atoms with Crippen molar-refractivity contribution in [3.63, 3.8) is 0 Å². The predicted molar refractivity (Wildman–Crippen MR) is 125 cm³/mol. The van der Waals surface area contributed by atoms with Gasteiger partial charge < -0.3 is 10.1 Å². The highest BCUT2D eigenvalue weighted by Gasteiger charge is 2.16. The Morgan fingerprint density at radius 2 is 2.15 bits per heavy atom. The zero-order valence-electron chi connectivity index (χ0n) is 18.4. The van der Waals surface area contributed by atoms with Gasteiger partial charge in [-0.15, -0.1) is 11.3 Å². The van der Waals surface area contributed by atoms with Crippen molar-refractivity contribution >= 4 is 34.8 Å². The van der Waals surface area contributed by atoms with E-state index in [1.54, 1.807) is 47.3 Å². The third kappa shape index (κ3) is 6.86. The van der Waals surface area contributed by atoms with E-state index in [2.05, 4.69) is 15.4 Å². The Balaban J connectivity index is 1.53. The number of nitrogens with zero attached hydrogens (tertiary/aromatic N) is 5. The molecule has 0 bridgehead atoms. The number of rotatable bonds is 9. The lowest BCUT2D eigenvalue weighted by Crippen LogP contribution is -2.36. The molecule has 1 N–H and O–H groups in total. The molecule has 0 spiro atoms. The molecule has 0 saturated heterocycles. The van der Waals surface area contributed by atoms with Crippen LogP contribution in [0.2, 0.25) is 5.02 Å². The number of halogens is 1. The number of nitrogens with one attached hydrogen (secondary N) is 1. The number of carbonyl (C=O) groups excluding carboxylic acids is 2. The molecule has 0 aliphatic heterocycles. The van der Waals surface area contributed by atoms with Gasteiger partial charge in [0.2, 0.25) is 0 Å². The number of hydrogen-bond acceptors (Lipinski definition) is 8. The monoisotopic (exact) mass is 486 g/mol. The average Bonchev–Trinajstić information content (AvgIpc) is 3.41. The molecule has 1 atom stereocenters. The molecule has 2 heterocycles. The van der Waals surface area contributed by atoms with Gasteiger partial charge in [-0.2, -0.15) is 10.4 Å². The van der Waals surface area contributed by atoms with Crippen LogP contribution in [0.15, 0.2) is 35.8 Å². The molecule has 0 aliphatic carbocycles. The molecule has 2 aromatic heterocycles. The Hall–Kier alpha value is -3.26. The van der Waals surface area contributed by atoms with Crippen LogP contribution in [-0.2, 0) is 22.7 Å². The van der Waals surface area contributed by atoms with Gasteiger partial charge in [0.1, 0.15) is 23.4 Å². The van der Waals surface area contributed by atoms with Crippen LogP contribution in [0, 0.1) is 11.3 Å². The highest BCUT2D eigenvalue weighted by Crippen LogP contribution is 2.24. The number of carbonyl (C=O) groups is 2. The maximum Gasteiger partial charge on any atom is 0.320 e. The Morgan fingerprint density at radius 1 is 1.36 bits per heavy atom. The summed E-state index contributed by atoms with van der Waals surface area (Å²) in [5.74, 6) is -0.660. The van der Waals surface area contributed by atoms with Gasteiger partial charge in [0.25, 0.3) is 5.91 Å². The molecule has 33 heavy (non-hydrogen) atoms. The third-order valence-electron chi connectivity index (χ3n) is 4.45. The smallest absolute Gasteiger partial charge is 0.320 e. The zero-order chi connectivity index (χ0) is 24.0. The summed E-state index contributed by atoms with van der Waals surface area (Å²) in [6.45, 7) is 2.54. The standard InChI is InChI=1S/C22H23ClN6O3S/c1-14(10-29-7-6-18(27-29)15-4-5-16(9-24)17(23)8-15)25-22(31)19-13-33-20(26-19)12-32-21(30)11-28(2)3/h4-8,13-14H,10-12H2,1-3H3,(H,25,31). The van der Waals surface area contributed by atoms with Gasteiger partial charge in [0.15, 0.2) is 0 Å². The Bertz CT molecular complexity index is 1180. The second kappa shape index (κ2) is 11.0. The van der Waals surface area contributed by atoms with Gasteiger partial charge in [0.05, 0.1) is 29.4 Å². The number of aromatic nitrogens is 3. The van der Waals surface area contributed by atoms with E-state index < -0.39 is 0 Å². The minimum Gasteiger partial charge on any atom is -0.457 e. The van der Waals surface area contributed by atoms with Crippen molar-refractivity contribution in [2.45, 2.75) is 26.1 Å². The summed E-state index contributed by atoms with van der Waals surface area (Å²) >= 11 is 7.37. The van der Waals surface area contributed by atoms with Crippen molar-refractivity contribution in [3.8, 4) is 17.3 Å². The maximum atomic E-state index is 12.5. The van der Waals surface area contributed by atoms with Crippen molar-refractivity contribution < 1.29 is 14.3 Å². The lowest BCUT2D eigenvalue weighted by Gasteiger charge is -2.13. The summed E-state index contributed by atoms with van der Waals surface area (Å²) in [6.07, 6.45) is 1.81. The highest BCUT2D eigenvalue weighted by molar-refractivity contribution is 7.09. The predicted octanol–water partition coefficient (Wildman–Crippen LogP) is 2.95. The minimum atomic E-state index is -0.350. The van der Waals surface area contributed by atoms with Crippen molar-refractivity contribution in [1.82, 2.24) is 25.0 Å². The maximum absolute atomic E-state index is 12.5. The summed E-state index contributed by atoms with van der Waals surface area (Å²) in [5.41, 5.74) is 2.20. The Morgan fingerprint density at radius 3 is 2.85 bits per heavy atom. The third-order valence-corrected chi connectivity index (χ3v) is 5.59. The van der Waals surface area contributed by atoms with Gasteiger partial charge in [-0.05, 0) is 39.2 Å². The number of benzene rings is 1. The molecule has 1 aromatic carbocycles. The Kier molecular flexibility index (Phi) is 8.16. The lowest BCUT2D eigenvalue weighted by atomic mass is 10.1. The molecule has 1 unspecified atom stereocenters. The molecule has 11 heteroatoms. The Labute approximate surface area is 200 Å². The van der Waals surface area contributed by atoms with E-state index >= 15 is 0 Å². The van der Waals surface area contributed by atoms with E-state index in [1.807, 2.05) is 25.3 Å². The van der Waals surface area contributed by atoms with Crippen LogP contribution in [0.3, 0.4) is 0 Å². The van der Waals surface area contributed by atoms with Crippen molar-refractivity contribution in [2.24, 2.45) is 0 Å². The molecule has 0 saturated carbocycles. The average molecular weight is 487 g/mol. The summed E-state index contributed by atoms with van der Waals surface area (Å²) in [6, 6.07) is 8.82. The fraction of sp³-hybridized carbons (Fsp3) is 0.318. The first-order valence-corrected chi connectivity index (χ1v) is 11.3. The summed E-state index contributed by atoms with van der Waals surface area (Å²) < 4.78 is 6.88. The summed E-state index contributed by atoms with van der Waals surface area (Å²) in [7, 11) is 3.56. The number of amides is 1. The number of nitriles is 1. The first-order chi connectivity index (χ1) is 15.7. The van der Waals surface area contributed by atoms with Crippen LogP contribution in [-0.4, -0.2) is 58.2 Å². The van der Waals surface area contributed by atoms with E-state index in [4.69, 9.17) is 21.6 Å². The van der Waals surface area contributed by atoms with Crippen LogP contribution in [0.1, 0.15) is 28.0 Å². The zero-order valence-corrected chi connectivity index (χ0v) is 20.0. The SMILES string of the molecule is CC(Cn1ccc(-c2ccc(C#N)c(Cl)c2)n1)NC(=O)c1csc(COC(=O)CN(C)C)n1. The molecular weight excluding hydrogens is 464 g/mol. The largest absolute Gasteiger partial charge is 0.457 e. The molecule has 1 amide bonds. The number of hydrogen-bond donors (Lipinski definition) is 1. The molecule has 0 aliphatic rings. The molecule has 0 radical (unpaired) electrons. The van der Waals surface area contributed by atoms with E-state index in [0.29, 0.717) is 27.8 Å². The molecule has 3 aromatic rings. The van der Waals surface area contributed by atoms with E-state index in [9.17, 15) is 9.59 Å². The second-order valence-electron chi connectivity index (χ2n) is 7.63. The molecular formula is C22H23ClN6O3S. The van der Waals surface area contributed by atoms with E-state index in [0.717, 1.165) is 5.56 Å². The minimum absolute atomic E-state index is 0.0373. The quantitative estimate of drug-likeness (QED) is 0.462. The van der Waals surface area contributed by atoms with Gasteiger partial charge in [-0.1, -0.05) is 17.7 Å². The van der Waals surface area contributed by atoms with Gasteiger partial charge in [-0.25, -0.2) is 4.98 Å². The number of ether oxygens (including phenoxy) is 1. The normalized spacial score (nSPS) is 11.8.